The maximum atomic E-state index is 10.5. The fraction of sp³-hybridized carbons (Fsp3) is 0.273. The van der Waals surface area contributed by atoms with E-state index in [-0.39, 0.29) is 6.61 Å². The second-order valence-corrected chi connectivity index (χ2v) is 3.20. The number of benzene rings is 1. The number of carbonyl (C=O) groups excluding carboxylic acids is 2. The predicted molar refractivity (Wildman–Crippen MR) is 59.8 cm³/mol. The van der Waals surface area contributed by atoms with Gasteiger partial charge in [0.05, 0.1) is 6.61 Å². The second-order valence-electron chi connectivity index (χ2n) is 3.20. The molecule has 0 fully saturated rings. The van der Waals surface area contributed by atoms with Gasteiger partial charge in [0.1, 0.15) is 12.4 Å². The molecular formula is C11H11BO5. The molecule has 0 saturated heterocycles. The predicted octanol–water partition coefficient (Wildman–Crippen LogP) is 1.17. The number of ether oxygens (including phenoxy) is 3. The third-order valence-corrected chi connectivity index (χ3v) is 1.98. The molecule has 1 aromatic rings. The first-order chi connectivity index (χ1) is 8.17. The van der Waals surface area contributed by atoms with E-state index in [0.29, 0.717) is 24.4 Å². The van der Waals surface area contributed by atoms with E-state index in [1.807, 2.05) is 0 Å². The summed E-state index contributed by atoms with van der Waals surface area (Å²) in [5, 5.41) is 0. The van der Waals surface area contributed by atoms with Crippen LogP contribution in [0.2, 0.25) is 0 Å². The summed E-state index contributed by atoms with van der Waals surface area (Å²) in [4.78, 5) is 20.8. The van der Waals surface area contributed by atoms with Gasteiger partial charge in [-0.05, 0) is 17.7 Å². The number of methoxy groups -OCH3 is 1. The van der Waals surface area contributed by atoms with Crippen LogP contribution in [-0.4, -0.2) is 27.3 Å². The Bertz CT molecular complexity index is 405. The number of hydrogen-bond donors (Lipinski definition) is 0. The Hall–Kier alpha value is -1.82. The molecule has 2 radical (unpaired) electrons. The average molecular weight is 234 g/mol. The van der Waals surface area contributed by atoms with Crippen molar-refractivity contribution in [2.75, 3.05) is 7.11 Å². The lowest BCUT2D eigenvalue weighted by atomic mass is 10.1. The van der Waals surface area contributed by atoms with E-state index >= 15 is 0 Å². The zero-order valence-corrected chi connectivity index (χ0v) is 9.34. The smallest absolute Gasteiger partial charge is 0.298 e. The number of hydrogen-bond acceptors (Lipinski definition) is 5. The molecule has 0 bridgehead atoms. The highest BCUT2D eigenvalue weighted by Gasteiger charge is 2.07. The van der Waals surface area contributed by atoms with Gasteiger partial charge in [0.15, 0.2) is 0 Å². The molecular weight excluding hydrogens is 223 g/mol. The summed E-state index contributed by atoms with van der Waals surface area (Å²) in [6.07, 6.45) is 0. The van der Waals surface area contributed by atoms with Gasteiger partial charge < -0.3 is 14.2 Å². The highest BCUT2D eigenvalue weighted by Crippen LogP contribution is 2.21. The first-order valence-electron chi connectivity index (χ1n) is 4.80. The third kappa shape index (κ3) is 4.28. The molecule has 1 rings (SSSR count). The first kappa shape index (κ1) is 13.3. The van der Waals surface area contributed by atoms with E-state index in [0.717, 1.165) is 5.56 Å². The quantitative estimate of drug-likeness (QED) is 0.546. The standard InChI is InChI=1S/C11H11BO5/c1-15-5-8-2-3-10(17-7-13)9(4-8)6-16-11(12)14/h2-4,7H,5-6H2,1H3. The molecule has 5 nitrogen and oxygen atoms in total. The van der Waals surface area contributed by atoms with Crippen LogP contribution < -0.4 is 4.74 Å². The lowest BCUT2D eigenvalue weighted by molar-refractivity contribution is -0.120. The molecule has 0 spiro atoms. The van der Waals surface area contributed by atoms with E-state index < -0.39 is 5.87 Å². The van der Waals surface area contributed by atoms with Gasteiger partial charge in [0.2, 0.25) is 13.7 Å². The number of rotatable bonds is 6. The summed E-state index contributed by atoms with van der Waals surface area (Å²) in [7, 11) is 6.43. The van der Waals surface area contributed by atoms with Crippen LogP contribution in [0.5, 0.6) is 5.75 Å². The van der Waals surface area contributed by atoms with Gasteiger partial charge >= 0.3 is 0 Å². The fourth-order valence-electron chi connectivity index (χ4n) is 1.32. The van der Waals surface area contributed by atoms with Crippen molar-refractivity contribution in [3.05, 3.63) is 29.3 Å². The summed E-state index contributed by atoms with van der Waals surface area (Å²) in [5.74, 6) is -0.569. The van der Waals surface area contributed by atoms with Gasteiger partial charge in [0, 0.05) is 12.7 Å². The zero-order valence-electron chi connectivity index (χ0n) is 9.34. The molecule has 0 unspecified atom stereocenters. The topological polar surface area (TPSA) is 61.8 Å². The van der Waals surface area contributed by atoms with Crippen molar-refractivity contribution in [2.24, 2.45) is 0 Å². The first-order valence-corrected chi connectivity index (χ1v) is 4.80. The van der Waals surface area contributed by atoms with E-state index in [1.54, 1.807) is 25.3 Å². The molecule has 0 aliphatic carbocycles. The van der Waals surface area contributed by atoms with Crippen molar-refractivity contribution in [3.63, 3.8) is 0 Å². The molecule has 6 heteroatoms. The van der Waals surface area contributed by atoms with Crippen molar-refractivity contribution in [1.82, 2.24) is 0 Å². The van der Waals surface area contributed by atoms with E-state index in [2.05, 4.69) is 4.74 Å². The Morgan fingerprint density at radius 2 is 2.18 bits per heavy atom. The van der Waals surface area contributed by atoms with Crippen LogP contribution in [0.3, 0.4) is 0 Å². The summed E-state index contributed by atoms with van der Waals surface area (Å²) in [5.41, 5.74) is 1.42. The van der Waals surface area contributed by atoms with Gasteiger partial charge in [-0.2, -0.15) is 0 Å². The summed E-state index contributed by atoms with van der Waals surface area (Å²) < 4.78 is 14.4. The third-order valence-electron chi connectivity index (χ3n) is 1.98. The highest BCUT2D eigenvalue weighted by molar-refractivity contribution is 6.55. The minimum atomic E-state index is -0.890. The largest absolute Gasteiger partial charge is 0.470 e. The molecule has 17 heavy (non-hydrogen) atoms. The minimum absolute atomic E-state index is 0.0595. The Morgan fingerprint density at radius 1 is 1.41 bits per heavy atom. The van der Waals surface area contributed by atoms with E-state index in [9.17, 15) is 9.59 Å². The minimum Gasteiger partial charge on any atom is -0.470 e. The van der Waals surface area contributed by atoms with Crippen LogP contribution in [0, 0.1) is 0 Å². The normalized spacial score (nSPS) is 9.71. The molecule has 0 N–H and O–H groups in total. The van der Waals surface area contributed by atoms with Crippen molar-refractivity contribution >= 4 is 20.2 Å². The van der Waals surface area contributed by atoms with Crippen LogP contribution >= 0.6 is 0 Å². The van der Waals surface area contributed by atoms with Crippen molar-refractivity contribution in [3.8, 4) is 5.75 Å². The van der Waals surface area contributed by atoms with Crippen LogP contribution in [0.1, 0.15) is 11.1 Å². The Kier molecular flexibility index (Phi) is 5.22. The second kappa shape index (κ2) is 6.70. The summed E-state index contributed by atoms with van der Waals surface area (Å²) >= 11 is 0. The maximum Gasteiger partial charge on any atom is 0.298 e. The van der Waals surface area contributed by atoms with Gasteiger partial charge in [-0.3, -0.25) is 9.59 Å². The van der Waals surface area contributed by atoms with E-state index in [4.69, 9.17) is 17.3 Å². The molecule has 0 saturated carbocycles. The molecule has 88 valence electrons. The molecule has 0 heterocycles. The molecule has 0 aliphatic heterocycles. The maximum absolute atomic E-state index is 10.5. The van der Waals surface area contributed by atoms with Crippen LogP contribution in [0.4, 0.5) is 4.79 Å². The molecule has 0 amide bonds. The highest BCUT2D eigenvalue weighted by atomic mass is 16.5. The summed E-state index contributed by atoms with van der Waals surface area (Å²) in [6, 6.07) is 5.06. The average Bonchev–Trinajstić information content (AvgIpc) is 2.29. The molecule has 1 aromatic carbocycles. The molecule has 0 atom stereocenters. The monoisotopic (exact) mass is 234 g/mol. The van der Waals surface area contributed by atoms with Gasteiger partial charge in [-0.25, -0.2) is 0 Å². The van der Waals surface area contributed by atoms with Gasteiger partial charge in [-0.15, -0.1) is 0 Å². The van der Waals surface area contributed by atoms with Crippen LogP contribution in [-0.2, 0) is 27.5 Å². The lowest BCUT2D eigenvalue weighted by Gasteiger charge is -2.09. The lowest BCUT2D eigenvalue weighted by Crippen LogP contribution is -2.04. The Balaban J connectivity index is 2.89. The Morgan fingerprint density at radius 3 is 2.76 bits per heavy atom. The van der Waals surface area contributed by atoms with Crippen LogP contribution in [0.25, 0.3) is 0 Å². The van der Waals surface area contributed by atoms with Crippen molar-refractivity contribution in [2.45, 2.75) is 13.2 Å². The SMILES string of the molecule is [B]C(=O)OCc1cc(COC)ccc1OC=O. The molecule has 0 aromatic heterocycles. The van der Waals surface area contributed by atoms with Crippen molar-refractivity contribution in [1.29, 1.82) is 0 Å². The zero-order chi connectivity index (χ0) is 12.7. The fourth-order valence-corrected chi connectivity index (χ4v) is 1.32. The molecule has 0 aliphatic rings. The summed E-state index contributed by atoms with van der Waals surface area (Å²) in [6.45, 7) is 0.653. The van der Waals surface area contributed by atoms with Gasteiger partial charge in [-0.1, -0.05) is 6.07 Å². The number of carbonyl (C=O) groups is 2. The van der Waals surface area contributed by atoms with E-state index in [1.165, 1.54) is 0 Å². The Labute approximate surface area is 100 Å². The van der Waals surface area contributed by atoms with Crippen molar-refractivity contribution < 1.29 is 23.8 Å². The van der Waals surface area contributed by atoms with Crippen LogP contribution in [0.15, 0.2) is 18.2 Å². The van der Waals surface area contributed by atoms with Gasteiger partial charge in [0.25, 0.3) is 6.47 Å².